The van der Waals surface area contributed by atoms with Crippen LogP contribution in [0.25, 0.3) is 10.2 Å². The zero-order chi connectivity index (χ0) is 18.1. The number of benzene rings is 2. The van der Waals surface area contributed by atoms with Gasteiger partial charge in [0.2, 0.25) is 0 Å². The van der Waals surface area contributed by atoms with Crippen LogP contribution in [-0.4, -0.2) is 10.5 Å². The van der Waals surface area contributed by atoms with Gasteiger partial charge in [-0.1, -0.05) is 48.0 Å². The third-order valence-electron chi connectivity index (χ3n) is 4.45. The molecular formula is C21H17ClN2OS. The fraction of sp³-hybridized carbons (Fsp3) is 0.0952. The Morgan fingerprint density at radius 3 is 2.73 bits per heavy atom. The second kappa shape index (κ2) is 6.98. The van der Waals surface area contributed by atoms with Crippen LogP contribution in [0.3, 0.4) is 0 Å². The summed E-state index contributed by atoms with van der Waals surface area (Å²) in [5.41, 5.74) is 4.48. The van der Waals surface area contributed by atoms with Gasteiger partial charge in [-0.05, 0) is 47.7 Å². The fourth-order valence-electron chi connectivity index (χ4n) is 3.03. The average molecular weight is 381 g/mol. The van der Waals surface area contributed by atoms with Gasteiger partial charge in [-0.3, -0.25) is 4.79 Å². The van der Waals surface area contributed by atoms with Crippen LogP contribution in [0.2, 0.25) is 5.02 Å². The van der Waals surface area contributed by atoms with E-state index in [0.29, 0.717) is 17.3 Å². The number of aromatic nitrogens is 1. The molecule has 0 unspecified atom stereocenters. The Balaban J connectivity index is 1.71. The van der Waals surface area contributed by atoms with Crippen molar-refractivity contribution >= 4 is 44.7 Å². The zero-order valence-electron chi connectivity index (χ0n) is 14.2. The molecule has 4 aromatic rings. The molecular weight excluding hydrogens is 364 g/mol. The zero-order valence-corrected chi connectivity index (χ0v) is 15.8. The van der Waals surface area contributed by atoms with Crippen LogP contribution in [0, 0.1) is 6.92 Å². The second-order valence-corrected chi connectivity index (χ2v) is 7.49. The second-order valence-electron chi connectivity index (χ2n) is 6.14. The maximum absolute atomic E-state index is 13.0. The summed E-state index contributed by atoms with van der Waals surface area (Å²) in [4.78, 5) is 13.0. The molecule has 1 amide bonds. The van der Waals surface area contributed by atoms with E-state index in [1.807, 2.05) is 49.4 Å². The van der Waals surface area contributed by atoms with Crippen LogP contribution in [0.4, 0.5) is 5.69 Å². The largest absolute Gasteiger partial charge is 0.331 e. The number of thiophene rings is 1. The summed E-state index contributed by atoms with van der Waals surface area (Å²) in [6.07, 6.45) is 0. The van der Waals surface area contributed by atoms with E-state index in [0.717, 1.165) is 27.0 Å². The van der Waals surface area contributed by atoms with Gasteiger partial charge >= 0.3 is 0 Å². The van der Waals surface area contributed by atoms with Crippen LogP contribution in [0.1, 0.15) is 21.6 Å². The van der Waals surface area contributed by atoms with E-state index in [1.54, 1.807) is 11.3 Å². The van der Waals surface area contributed by atoms with Gasteiger partial charge in [-0.15, -0.1) is 11.3 Å². The van der Waals surface area contributed by atoms with Crippen molar-refractivity contribution in [2.45, 2.75) is 13.5 Å². The lowest BCUT2D eigenvalue weighted by atomic mass is 10.2. The Morgan fingerprint density at radius 2 is 1.92 bits per heavy atom. The number of nitrogens with zero attached hydrogens (tertiary/aromatic N) is 1. The Bertz CT molecular complexity index is 1080. The summed E-state index contributed by atoms with van der Waals surface area (Å²) in [6.45, 7) is 2.55. The van der Waals surface area contributed by atoms with Crippen molar-refractivity contribution in [1.82, 2.24) is 4.57 Å². The minimum atomic E-state index is -0.130. The SMILES string of the molecule is Cc1c(Cl)cccc1NC(=O)c1cc2sccc2n1Cc1ccccc1. The highest BCUT2D eigenvalue weighted by atomic mass is 35.5. The predicted molar refractivity (Wildman–Crippen MR) is 110 cm³/mol. The van der Waals surface area contributed by atoms with Crippen molar-refractivity contribution in [1.29, 1.82) is 0 Å². The number of hydrogen-bond donors (Lipinski definition) is 1. The minimum Gasteiger partial charge on any atom is -0.331 e. The first-order valence-corrected chi connectivity index (χ1v) is 9.56. The maximum atomic E-state index is 13.0. The van der Waals surface area contributed by atoms with Crippen molar-refractivity contribution in [3.8, 4) is 0 Å². The number of fused-ring (bicyclic) bond motifs is 1. The number of rotatable bonds is 4. The third-order valence-corrected chi connectivity index (χ3v) is 5.72. The normalized spacial score (nSPS) is 11.0. The van der Waals surface area contributed by atoms with Gasteiger partial charge in [0.05, 0.1) is 10.2 Å². The van der Waals surface area contributed by atoms with E-state index in [1.165, 1.54) is 0 Å². The topological polar surface area (TPSA) is 34.0 Å². The fourth-order valence-corrected chi connectivity index (χ4v) is 4.03. The van der Waals surface area contributed by atoms with Gasteiger partial charge < -0.3 is 9.88 Å². The summed E-state index contributed by atoms with van der Waals surface area (Å²) in [5.74, 6) is -0.130. The lowest BCUT2D eigenvalue weighted by Crippen LogP contribution is -2.18. The number of nitrogens with one attached hydrogen (secondary N) is 1. The molecule has 2 heterocycles. The van der Waals surface area contributed by atoms with Gasteiger partial charge in [-0.25, -0.2) is 0 Å². The maximum Gasteiger partial charge on any atom is 0.272 e. The minimum absolute atomic E-state index is 0.130. The van der Waals surface area contributed by atoms with E-state index in [-0.39, 0.29) is 5.91 Å². The molecule has 0 radical (unpaired) electrons. The third kappa shape index (κ3) is 3.14. The Morgan fingerprint density at radius 1 is 1.12 bits per heavy atom. The van der Waals surface area contributed by atoms with E-state index in [4.69, 9.17) is 11.6 Å². The lowest BCUT2D eigenvalue weighted by Gasteiger charge is -2.13. The van der Waals surface area contributed by atoms with Gasteiger partial charge in [0.25, 0.3) is 5.91 Å². The molecule has 0 atom stereocenters. The lowest BCUT2D eigenvalue weighted by molar-refractivity contribution is 0.101. The summed E-state index contributed by atoms with van der Waals surface area (Å²) < 4.78 is 3.17. The van der Waals surface area contributed by atoms with Gasteiger partial charge in [-0.2, -0.15) is 0 Å². The molecule has 0 saturated heterocycles. The summed E-state index contributed by atoms with van der Waals surface area (Å²) >= 11 is 7.81. The summed E-state index contributed by atoms with van der Waals surface area (Å²) in [6, 6.07) is 19.7. The number of halogens is 1. The predicted octanol–water partition coefficient (Wildman–Crippen LogP) is 5.97. The Kier molecular flexibility index (Phi) is 4.53. The highest BCUT2D eigenvalue weighted by Gasteiger charge is 2.17. The molecule has 3 nitrogen and oxygen atoms in total. The van der Waals surface area contributed by atoms with E-state index < -0.39 is 0 Å². The van der Waals surface area contributed by atoms with Crippen LogP contribution >= 0.6 is 22.9 Å². The highest BCUT2D eigenvalue weighted by Crippen LogP contribution is 2.28. The molecule has 0 spiro atoms. The van der Waals surface area contributed by atoms with Crippen LogP contribution in [-0.2, 0) is 6.54 Å². The first-order chi connectivity index (χ1) is 12.6. The monoisotopic (exact) mass is 380 g/mol. The quantitative estimate of drug-likeness (QED) is 0.465. The first kappa shape index (κ1) is 16.9. The molecule has 0 bridgehead atoms. The van der Waals surface area contributed by atoms with Crippen molar-refractivity contribution < 1.29 is 4.79 Å². The molecule has 0 aliphatic carbocycles. The Hall–Kier alpha value is -2.56. The highest BCUT2D eigenvalue weighted by molar-refractivity contribution is 7.17. The molecule has 0 fully saturated rings. The first-order valence-electron chi connectivity index (χ1n) is 8.30. The molecule has 2 aromatic carbocycles. The molecule has 0 saturated carbocycles. The molecule has 0 aliphatic heterocycles. The molecule has 5 heteroatoms. The molecule has 4 rings (SSSR count). The summed E-state index contributed by atoms with van der Waals surface area (Å²) in [5, 5.41) is 5.70. The molecule has 26 heavy (non-hydrogen) atoms. The van der Waals surface area contributed by atoms with Crippen LogP contribution < -0.4 is 5.32 Å². The Labute approximate surface area is 160 Å². The van der Waals surface area contributed by atoms with E-state index in [2.05, 4.69) is 33.5 Å². The van der Waals surface area contributed by atoms with Gasteiger partial charge in [0.1, 0.15) is 5.69 Å². The average Bonchev–Trinajstić information content (AvgIpc) is 3.23. The standard InChI is InChI=1S/C21H17ClN2OS/c1-14-16(22)8-5-9-17(14)23-21(25)19-12-20-18(10-11-26-20)24(19)13-15-6-3-2-4-7-15/h2-12H,13H2,1H3,(H,23,25). The molecule has 0 aliphatic rings. The van der Waals surface area contributed by atoms with Crippen molar-refractivity contribution in [2.24, 2.45) is 0 Å². The molecule has 130 valence electrons. The molecule has 1 N–H and O–H groups in total. The van der Waals surface area contributed by atoms with Crippen molar-refractivity contribution in [2.75, 3.05) is 5.32 Å². The number of carbonyl (C=O) groups is 1. The van der Waals surface area contributed by atoms with E-state index in [9.17, 15) is 4.79 Å². The summed E-state index contributed by atoms with van der Waals surface area (Å²) in [7, 11) is 0. The number of amides is 1. The van der Waals surface area contributed by atoms with Crippen molar-refractivity contribution in [3.05, 3.63) is 87.9 Å². The number of carbonyl (C=O) groups excluding carboxylic acids is 1. The van der Waals surface area contributed by atoms with Gasteiger partial charge in [0, 0.05) is 17.3 Å². The number of hydrogen-bond acceptors (Lipinski definition) is 2. The van der Waals surface area contributed by atoms with Crippen molar-refractivity contribution in [3.63, 3.8) is 0 Å². The van der Waals surface area contributed by atoms with Crippen LogP contribution in [0.5, 0.6) is 0 Å². The smallest absolute Gasteiger partial charge is 0.272 e. The van der Waals surface area contributed by atoms with E-state index >= 15 is 0 Å². The number of anilines is 1. The molecule has 2 aromatic heterocycles. The van der Waals surface area contributed by atoms with Crippen LogP contribution in [0.15, 0.2) is 66.0 Å². The van der Waals surface area contributed by atoms with Gasteiger partial charge in [0.15, 0.2) is 0 Å².